The Bertz CT molecular complexity index is 2360. The third-order valence-electron chi connectivity index (χ3n) is 7.51. The Morgan fingerprint density at radius 3 is 2.18 bits per heavy atom. The summed E-state index contributed by atoms with van der Waals surface area (Å²) in [5.74, 6) is -0.835. The Balaban J connectivity index is 1.41. The van der Waals surface area contributed by atoms with E-state index in [9.17, 15) is 39.6 Å². The van der Waals surface area contributed by atoms with E-state index in [0.29, 0.717) is 17.4 Å². The summed E-state index contributed by atoms with van der Waals surface area (Å²) in [6.45, 7) is 1.58. The van der Waals surface area contributed by atoms with Crippen LogP contribution in [-0.4, -0.2) is 39.2 Å². The molecule has 17 heteroatoms. The van der Waals surface area contributed by atoms with Crippen molar-refractivity contribution >= 4 is 54.6 Å². The van der Waals surface area contributed by atoms with Gasteiger partial charge >= 0.3 is 6.18 Å². The third kappa shape index (κ3) is 7.06. The van der Waals surface area contributed by atoms with Crippen LogP contribution in [0.25, 0.3) is 5.69 Å². The molecule has 0 spiro atoms. The van der Waals surface area contributed by atoms with Crippen LogP contribution in [0.5, 0.6) is 0 Å². The fraction of sp³-hybridized carbons (Fsp3) is 0.125. The average molecular weight is 734 g/mol. The van der Waals surface area contributed by atoms with E-state index in [1.54, 1.807) is 44.3 Å². The summed E-state index contributed by atoms with van der Waals surface area (Å²) >= 11 is 6.30. The molecule has 0 atom stereocenters. The maximum atomic E-state index is 13.8. The number of carbonyl (C=O) groups is 1. The molecule has 49 heavy (non-hydrogen) atoms. The fourth-order valence-electron chi connectivity index (χ4n) is 4.94. The molecule has 0 aliphatic carbocycles. The second-order valence-corrected chi connectivity index (χ2v) is 14.7. The molecule has 4 aromatic carbocycles. The maximum absolute atomic E-state index is 13.8. The molecule has 1 aromatic heterocycles. The molecule has 0 radical (unpaired) electrons. The van der Waals surface area contributed by atoms with Gasteiger partial charge in [0.05, 0.1) is 26.9 Å². The van der Waals surface area contributed by atoms with Gasteiger partial charge in [0.25, 0.3) is 31.5 Å². The molecule has 256 valence electrons. The zero-order valence-electron chi connectivity index (χ0n) is 25.9. The lowest BCUT2D eigenvalue weighted by molar-refractivity contribution is -0.137. The summed E-state index contributed by atoms with van der Waals surface area (Å²) in [5.41, 5.74) is -1.47. The molecule has 1 amide bonds. The van der Waals surface area contributed by atoms with Gasteiger partial charge in [-0.2, -0.15) is 13.2 Å². The predicted molar refractivity (Wildman–Crippen MR) is 179 cm³/mol. The normalized spacial score (nSPS) is 12.1. The van der Waals surface area contributed by atoms with Crippen molar-refractivity contribution in [3.05, 3.63) is 129 Å². The number of alkyl halides is 3. The van der Waals surface area contributed by atoms with Crippen molar-refractivity contribution in [3.63, 3.8) is 0 Å². The first-order chi connectivity index (χ1) is 22.9. The molecular weight excluding hydrogens is 707 g/mol. The number of anilines is 3. The number of amides is 1. The molecule has 0 aliphatic heterocycles. The van der Waals surface area contributed by atoms with Gasteiger partial charge in [-0.05, 0) is 73.7 Å². The van der Waals surface area contributed by atoms with Crippen molar-refractivity contribution in [1.82, 2.24) is 9.36 Å². The van der Waals surface area contributed by atoms with Crippen LogP contribution in [0.15, 0.2) is 112 Å². The number of para-hydroxylation sites is 1. The van der Waals surface area contributed by atoms with E-state index in [1.807, 2.05) is 0 Å². The standard InChI is InChI=1S/C32H27ClF3N5O6S2/c1-20-29(31(43)41(39(20)2)25-12-5-4-6-13-25)40(3)49(46,47)28-17-21(15-16-27(28)33)30(42)37-23-10-8-14-26(19-23)48(44,45)38-24-11-7-9-22(18-24)32(34,35)36/h4-19,38H,1-3H3,(H,37,42). The molecule has 0 saturated heterocycles. The highest BCUT2D eigenvalue weighted by Gasteiger charge is 2.32. The molecule has 0 fully saturated rings. The van der Waals surface area contributed by atoms with E-state index in [2.05, 4.69) is 10.0 Å². The van der Waals surface area contributed by atoms with Crippen molar-refractivity contribution < 1.29 is 34.8 Å². The number of carbonyl (C=O) groups excluding carboxylic acids is 1. The summed E-state index contributed by atoms with van der Waals surface area (Å²) in [6.07, 6.45) is -4.69. The van der Waals surface area contributed by atoms with E-state index in [4.69, 9.17) is 11.6 Å². The van der Waals surface area contributed by atoms with Gasteiger partial charge in [-0.1, -0.05) is 41.9 Å². The van der Waals surface area contributed by atoms with Crippen LogP contribution >= 0.6 is 11.6 Å². The highest BCUT2D eigenvalue weighted by molar-refractivity contribution is 7.93. The van der Waals surface area contributed by atoms with Crippen LogP contribution in [-0.2, 0) is 33.3 Å². The Morgan fingerprint density at radius 2 is 1.51 bits per heavy atom. The number of hydrogen-bond acceptors (Lipinski definition) is 6. The van der Waals surface area contributed by atoms with Crippen molar-refractivity contribution in [2.24, 2.45) is 7.05 Å². The van der Waals surface area contributed by atoms with Crippen molar-refractivity contribution in [2.45, 2.75) is 22.9 Å². The minimum absolute atomic E-state index is 0.0187. The van der Waals surface area contributed by atoms with Gasteiger partial charge in [0.15, 0.2) is 0 Å². The molecule has 0 bridgehead atoms. The molecule has 2 N–H and O–H groups in total. The average Bonchev–Trinajstić information content (AvgIpc) is 3.27. The predicted octanol–water partition coefficient (Wildman–Crippen LogP) is 6.03. The van der Waals surface area contributed by atoms with Crippen molar-refractivity contribution in [3.8, 4) is 5.69 Å². The molecule has 0 unspecified atom stereocenters. The Morgan fingerprint density at radius 1 is 0.857 bits per heavy atom. The number of nitrogens with one attached hydrogen (secondary N) is 2. The van der Waals surface area contributed by atoms with Gasteiger partial charge in [0.1, 0.15) is 10.6 Å². The number of benzene rings is 4. The molecule has 1 heterocycles. The Labute approximate surface area is 284 Å². The van der Waals surface area contributed by atoms with Gasteiger partial charge in [0, 0.05) is 31.0 Å². The van der Waals surface area contributed by atoms with Crippen LogP contribution in [0, 0.1) is 6.92 Å². The molecule has 5 rings (SSSR count). The highest BCUT2D eigenvalue weighted by atomic mass is 35.5. The van der Waals surface area contributed by atoms with E-state index < -0.39 is 48.1 Å². The lowest BCUT2D eigenvalue weighted by Gasteiger charge is -2.19. The van der Waals surface area contributed by atoms with E-state index in [0.717, 1.165) is 34.6 Å². The largest absolute Gasteiger partial charge is 0.416 e. The van der Waals surface area contributed by atoms with Crippen molar-refractivity contribution in [2.75, 3.05) is 21.4 Å². The second-order valence-electron chi connectivity index (χ2n) is 10.7. The van der Waals surface area contributed by atoms with Crippen molar-refractivity contribution in [1.29, 1.82) is 0 Å². The maximum Gasteiger partial charge on any atom is 0.416 e. The number of halogens is 4. The first kappa shape index (κ1) is 35.3. The monoisotopic (exact) mass is 733 g/mol. The second kappa shape index (κ2) is 13.1. The molecule has 11 nitrogen and oxygen atoms in total. The van der Waals surface area contributed by atoms with Gasteiger partial charge in [-0.15, -0.1) is 0 Å². The lowest BCUT2D eigenvalue weighted by Crippen LogP contribution is -2.32. The van der Waals surface area contributed by atoms with Crippen LogP contribution in [0.1, 0.15) is 21.6 Å². The molecule has 0 aliphatic rings. The summed E-state index contributed by atoms with van der Waals surface area (Å²) in [4.78, 5) is 25.9. The quantitative estimate of drug-likeness (QED) is 0.190. The highest BCUT2D eigenvalue weighted by Crippen LogP contribution is 2.32. The summed E-state index contributed by atoms with van der Waals surface area (Å²) in [6, 6.07) is 20.6. The van der Waals surface area contributed by atoms with Gasteiger partial charge in [-0.3, -0.25) is 23.3 Å². The number of nitrogens with zero attached hydrogens (tertiary/aromatic N) is 3. The SMILES string of the molecule is Cc1c(N(C)S(=O)(=O)c2cc(C(=O)Nc3cccc(S(=O)(=O)Nc4cccc(C(F)(F)F)c4)c3)ccc2Cl)c(=O)n(-c2ccccc2)n1C. The van der Waals surface area contributed by atoms with Gasteiger partial charge < -0.3 is 5.32 Å². The van der Waals surface area contributed by atoms with Crippen LogP contribution < -0.4 is 19.9 Å². The zero-order valence-corrected chi connectivity index (χ0v) is 28.2. The number of hydrogen-bond donors (Lipinski definition) is 2. The van der Waals surface area contributed by atoms with E-state index in [1.165, 1.54) is 46.7 Å². The van der Waals surface area contributed by atoms with Gasteiger partial charge in [0.2, 0.25) is 0 Å². The van der Waals surface area contributed by atoms with Gasteiger partial charge in [-0.25, -0.2) is 21.5 Å². The zero-order chi connectivity index (χ0) is 35.9. The van der Waals surface area contributed by atoms with E-state index in [-0.39, 0.29) is 32.5 Å². The van der Waals surface area contributed by atoms with Crippen LogP contribution in [0.2, 0.25) is 5.02 Å². The van der Waals surface area contributed by atoms with E-state index >= 15 is 0 Å². The summed E-state index contributed by atoms with van der Waals surface area (Å²) < 4.78 is 98.6. The third-order valence-corrected chi connectivity index (χ3v) is 11.1. The molecule has 0 saturated carbocycles. The molecule has 5 aromatic rings. The topological polar surface area (TPSA) is 140 Å². The minimum Gasteiger partial charge on any atom is -0.322 e. The minimum atomic E-state index is -4.69. The number of aromatic nitrogens is 2. The molecular formula is C32H27ClF3N5O6S2. The Hall–Kier alpha value is -5.06. The lowest BCUT2D eigenvalue weighted by atomic mass is 10.2. The number of rotatable bonds is 9. The smallest absolute Gasteiger partial charge is 0.322 e. The van der Waals surface area contributed by atoms with Crippen LogP contribution in [0.4, 0.5) is 30.2 Å². The first-order valence-electron chi connectivity index (χ1n) is 14.2. The Kier molecular flexibility index (Phi) is 9.42. The number of sulfonamides is 2. The first-order valence-corrected chi connectivity index (χ1v) is 17.5. The summed E-state index contributed by atoms with van der Waals surface area (Å²) in [5, 5.41) is 2.25. The van der Waals surface area contributed by atoms with Crippen LogP contribution in [0.3, 0.4) is 0 Å². The summed E-state index contributed by atoms with van der Waals surface area (Å²) in [7, 11) is -6.11. The fourth-order valence-corrected chi connectivity index (χ4v) is 7.79.